The van der Waals surface area contributed by atoms with E-state index in [-0.39, 0.29) is 24.9 Å². The number of phosphoric ester groups is 1. The van der Waals surface area contributed by atoms with E-state index in [2.05, 4.69) is 74.7 Å². The maximum absolute atomic E-state index is 13.5. The summed E-state index contributed by atoms with van der Waals surface area (Å²) in [6.07, 6.45) is 63.2. The Kier molecular flexibility index (Phi) is 49.6. The molecule has 0 saturated heterocycles. The van der Waals surface area contributed by atoms with Gasteiger partial charge in [0.1, 0.15) is 19.3 Å². The molecule has 0 saturated carbocycles. The molecule has 10 heteroatoms. The van der Waals surface area contributed by atoms with Gasteiger partial charge in [-0.05, 0) is 96.0 Å². The van der Waals surface area contributed by atoms with E-state index in [1.807, 2.05) is 33.3 Å². The number of carbonyl (C=O) groups is 2. The molecule has 0 aliphatic rings. The number of likely N-dealkylation sites (N-methyl/N-ethyl adjacent to an activating group) is 1. The van der Waals surface area contributed by atoms with Crippen LogP contribution in [0.15, 0.2) is 60.8 Å². The molecule has 3 atom stereocenters. The molecule has 0 aliphatic carbocycles. The highest BCUT2D eigenvalue weighted by molar-refractivity contribution is 7.45. The molecule has 0 fully saturated rings. The second kappa shape index (κ2) is 51.2. The van der Waals surface area contributed by atoms with Gasteiger partial charge in [0.25, 0.3) is 7.82 Å². The van der Waals surface area contributed by atoms with Crippen molar-refractivity contribution in [1.29, 1.82) is 0 Å². The largest absolute Gasteiger partial charge is 0.756 e. The molecule has 0 aromatic rings. The van der Waals surface area contributed by atoms with E-state index in [4.69, 9.17) is 13.8 Å². The van der Waals surface area contributed by atoms with E-state index in [1.165, 1.54) is 135 Å². The number of allylic oxidation sites excluding steroid dienone is 9. The van der Waals surface area contributed by atoms with Crippen molar-refractivity contribution in [3.8, 4) is 0 Å². The number of quaternary nitrogens is 1. The highest BCUT2D eigenvalue weighted by Crippen LogP contribution is 2.38. The van der Waals surface area contributed by atoms with Crippen LogP contribution in [0.2, 0.25) is 0 Å². The van der Waals surface area contributed by atoms with Crippen molar-refractivity contribution >= 4 is 19.7 Å². The quantitative estimate of drug-likeness (QED) is 0.0212. The molecule has 71 heavy (non-hydrogen) atoms. The average molecular weight is 1020 g/mol. The number of phosphoric acid groups is 1. The highest BCUT2D eigenvalue weighted by Gasteiger charge is 2.27. The van der Waals surface area contributed by atoms with Crippen molar-refractivity contribution in [2.75, 3.05) is 40.9 Å². The summed E-state index contributed by atoms with van der Waals surface area (Å²) in [6.45, 7) is 6.79. The van der Waals surface area contributed by atoms with E-state index >= 15 is 0 Å². The van der Waals surface area contributed by atoms with Crippen molar-refractivity contribution in [3.05, 3.63) is 60.8 Å². The van der Waals surface area contributed by atoms with Crippen molar-refractivity contribution in [2.45, 2.75) is 277 Å². The summed E-state index contributed by atoms with van der Waals surface area (Å²) in [7, 11) is 1.17. The molecule has 0 aliphatic heterocycles. The molecule has 414 valence electrons. The van der Waals surface area contributed by atoms with Crippen LogP contribution in [0.5, 0.6) is 0 Å². The van der Waals surface area contributed by atoms with Gasteiger partial charge >= 0.3 is 5.97 Å². The third-order valence-corrected chi connectivity index (χ3v) is 13.9. The van der Waals surface area contributed by atoms with Crippen molar-refractivity contribution in [3.63, 3.8) is 0 Å². The number of nitrogens with one attached hydrogen (secondary N) is 1. The van der Waals surface area contributed by atoms with E-state index in [0.717, 1.165) is 83.5 Å². The van der Waals surface area contributed by atoms with Crippen LogP contribution in [-0.2, 0) is 27.9 Å². The Morgan fingerprint density at radius 1 is 0.493 bits per heavy atom. The third kappa shape index (κ3) is 52.4. The Hall–Kier alpha value is -2.29. The Morgan fingerprint density at radius 2 is 0.859 bits per heavy atom. The van der Waals surface area contributed by atoms with Gasteiger partial charge in [0.05, 0.1) is 33.8 Å². The van der Waals surface area contributed by atoms with Crippen LogP contribution in [0.4, 0.5) is 0 Å². The summed E-state index contributed by atoms with van der Waals surface area (Å²) in [4.78, 5) is 39.9. The van der Waals surface area contributed by atoms with Gasteiger partial charge in [0.15, 0.2) is 0 Å². The zero-order chi connectivity index (χ0) is 52.2. The lowest BCUT2D eigenvalue weighted by atomic mass is 10.0. The van der Waals surface area contributed by atoms with Gasteiger partial charge in [0.2, 0.25) is 5.91 Å². The molecule has 1 N–H and O–H groups in total. The number of hydrogen-bond acceptors (Lipinski definition) is 7. The van der Waals surface area contributed by atoms with Gasteiger partial charge in [-0.2, -0.15) is 0 Å². The molecule has 0 aromatic heterocycles. The van der Waals surface area contributed by atoms with Gasteiger partial charge in [-0.1, -0.05) is 217 Å². The summed E-state index contributed by atoms with van der Waals surface area (Å²) < 4.78 is 30.2. The monoisotopic (exact) mass is 1020 g/mol. The van der Waals surface area contributed by atoms with E-state index in [0.29, 0.717) is 30.3 Å². The molecule has 1 amide bonds. The molecule has 0 radical (unpaired) electrons. The summed E-state index contributed by atoms with van der Waals surface area (Å²) in [6, 6.07) is -0.901. The van der Waals surface area contributed by atoms with Crippen LogP contribution in [0.3, 0.4) is 0 Å². The van der Waals surface area contributed by atoms with Crippen LogP contribution in [-0.4, -0.2) is 69.4 Å². The number of esters is 1. The number of amides is 1. The molecular formula is C61H113N2O7P. The predicted octanol–water partition coefficient (Wildman–Crippen LogP) is 17.3. The maximum Gasteiger partial charge on any atom is 0.306 e. The average Bonchev–Trinajstić information content (AvgIpc) is 3.33. The van der Waals surface area contributed by atoms with Crippen LogP contribution >= 0.6 is 7.82 Å². The zero-order valence-electron chi connectivity index (χ0n) is 47.2. The number of nitrogens with zero attached hydrogens (tertiary/aromatic N) is 1. The first-order chi connectivity index (χ1) is 34.4. The number of ether oxygens (including phenoxy) is 1. The predicted molar refractivity (Wildman–Crippen MR) is 302 cm³/mol. The lowest BCUT2D eigenvalue weighted by molar-refractivity contribution is -0.870. The van der Waals surface area contributed by atoms with Gasteiger partial charge in [0, 0.05) is 12.8 Å². The lowest BCUT2D eigenvalue weighted by Crippen LogP contribution is -2.47. The summed E-state index contributed by atoms with van der Waals surface area (Å²) >= 11 is 0. The minimum absolute atomic E-state index is 0.0283. The first-order valence-corrected chi connectivity index (χ1v) is 31.1. The Morgan fingerprint density at radius 3 is 1.34 bits per heavy atom. The maximum atomic E-state index is 13.5. The van der Waals surface area contributed by atoms with Crippen LogP contribution in [0, 0.1) is 0 Å². The number of carbonyl (C=O) groups excluding carboxylic acids is 2. The normalized spacial score (nSPS) is 14.2. The smallest absolute Gasteiger partial charge is 0.306 e. The van der Waals surface area contributed by atoms with E-state index in [9.17, 15) is 19.0 Å². The number of unbranched alkanes of at least 4 members (excludes halogenated alkanes) is 29. The Balaban J connectivity index is 5.37. The summed E-state index contributed by atoms with van der Waals surface area (Å²) in [5.41, 5.74) is 0. The molecule has 0 bridgehead atoms. The molecule has 0 spiro atoms. The van der Waals surface area contributed by atoms with Crippen LogP contribution in [0.1, 0.15) is 265 Å². The number of rotatable bonds is 53. The van der Waals surface area contributed by atoms with Crippen molar-refractivity contribution in [1.82, 2.24) is 5.32 Å². The minimum atomic E-state index is -4.70. The SMILES string of the molecule is CCCCC/C=C\C/C=C\C/C=C\CCCCCCCCC(=O)OC(/C=C\CCCCCCCCCCCCC)C(COP(=O)([O-])OCC[N+](C)(C)C)NC(=O)CCCCC/C=C\CCCCCCCC. The summed E-state index contributed by atoms with van der Waals surface area (Å²) in [5.74, 6) is -0.572. The standard InChI is InChI=1S/C61H113N2O7P/c1-7-10-13-16-19-22-25-28-29-30-31-32-33-36-39-42-45-48-51-54-61(65)70-59(52-49-46-43-40-37-34-26-23-20-17-14-11-8-2)58(57-69-71(66,67)68-56-55-63(4,5)6)62-60(64)53-50-47-44-41-38-35-27-24-21-18-15-12-9-3/h19,22,28-29,31-32,35,38,49,52,58-59H,7-18,20-21,23-27,30,33-34,36-37,39-48,50-51,53-57H2,1-6H3,(H-,62,64,66,67)/b22-19-,29-28-,32-31-,38-35-,52-49-. The van der Waals surface area contributed by atoms with Crippen molar-refractivity contribution in [2.24, 2.45) is 0 Å². The molecule has 0 aromatic carbocycles. The first kappa shape index (κ1) is 68.7. The van der Waals surface area contributed by atoms with Crippen LogP contribution < -0.4 is 10.2 Å². The highest BCUT2D eigenvalue weighted by atomic mass is 31.2. The Bertz CT molecular complexity index is 1400. The molecule has 0 heterocycles. The number of hydrogen-bond donors (Lipinski definition) is 1. The first-order valence-electron chi connectivity index (χ1n) is 29.6. The fourth-order valence-corrected chi connectivity index (χ4v) is 9.01. The van der Waals surface area contributed by atoms with Gasteiger partial charge in [-0.15, -0.1) is 0 Å². The van der Waals surface area contributed by atoms with E-state index in [1.54, 1.807) is 0 Å². The van der Waals surface area contributed by atoms with Gasteiger partial charge < -0.3 is 28.5 Å². The van der Waals surface area contributed by atoms with Gasteiger partial charge in [-0.3, -0.25) is 14.2 Å². The lowest BCUT2D eigenvalue weighted by Gasteiger charge is -2.30. The molecular weight excluding hydrogens is 904 g/mol. The minimum Gasteiger partial charge on any atom is -0.756 e. The second-order valence-electron chi connectivity index (χ2n) is 21.1. The molecule has 0 rings (SSSR count). The second-order valence-corrected chi connectivity index (χ2v) is 22.6. The zero-order valence-corrected chi connectivity index (χ0v) is 48.1. The fraction of sp³-hybridized carbons (Fsp3) is 0.803. The molecule has 3 unspecified atom stereocenters. The fourth-order valence-electron chi connectivity index (χ4n) is 8.29. The third-order valence-electron chi connectivity index (χ3n) is 12.9. The van der Waals surface area contributed by atoms with Gasteiger partial charge in [-0.25, -0.2) is 0 Å². The Labute approximate surface area is 439 Å². The van der Waals surface area contributed by atoms with Crippen LogP contribution in [0.25, 0.3) is 0 Å². The summed E-state index contributed by atoms with van der Waals surface area (Å²) in [5, 5.41) is 3.01. The molecule has 9 nitrogen and oxygen atoms in total. The van der Waals surface area contributed by atoms with Crippen molar-refractivity contribution < 1.29 is 37.3 Å². The topological polar surface area (TPSA) is 114 Å². The van der Waals surface area contributed by atoms with E-state index < -0.39 is 26.6 Å².